The zero-order valence-corrected chi connectivity index (χ0v) is 14.5. The zero-order chi connectivity index (χ0) is 17.7. The fourth-order valence-corrected chi connectivity index (χ4v) is 2.07. The highest BCUT2D eigenvalue weighted by Gasteiger charge is 2.21. The highest BCUT2D eigenvalue weighted by Crippen LogP contribution is 2.19. The molecular weight excluding hydrogens is 302 g/mol. The van der Waals surface area contributed by atoms with E-state index in [1.807, 2.05) is 39.8 Å². The van der Waals surface area contributed by atoms with Gasteiger partial charge in [0.15, 0.2) is 0 Å². The summed E-state index contributed by atoms with van der Waals surface area (Å²) < 4.78 is 0. The average molecular weight is 325 g/mol. The van der Waals surface area contributed by atoms with Crippen molar-refractivity contribution < 1.29 is 9.59 Å². The first-order valence-corrected chi connectivity index (χ1v) is 7.89. The first-order valence-electron chi connectivity index (χ1n) is 7.89. The van der Waals surface area contributed by atoms with Crippen molar-refractivity contribution >= 4 is 17.5 Å². The van der Waals surface area contributed by atoms with E-state index < -0.39 is 5.41 Å². The topological polar surface area (TPSA) is 71.1 Å². The number of anilines is 1. The number of nitrogens with zero attached hydrogens (tertiary/aromatic N) is 1. The number of nitrogens with one attached hydrogen (secondary N) is 2. The molecule has 0 fully saturated rings. The molecule has 0 saturated carbocycles. The highest BCUT2D eigenvalue weighted by atomic mass is 16.2. The van der Waals surface area contributed by atoms with Gasteiger partial charge in [-0.15, -0.1) is 0 Å². The van der Waals surface area contributed by atoms with Gasteiger partial charge in [-0.1, -0.05) is 26.8 Å². The number of benzene rings is 1. The predicted octanol–water partition coefficient (Wildman–Crippen LogP) is 3.56. The Morgan fingerprint density at radius 1 is 1.08 bits per heavy atom. The molecule has 0 aliphatic rings. The van der Waals surface area contributed by atoms with E-state index in [1.165, 1.54) is 0 Å². The van der Waals surface area contributed by atoms with Gasteiger partial charge in [-0.05, 0) is 42.8 Å². The van der Waals surface area contributed by atoms with E-state index in [0.29, 0.717) is 11.3 Å². The molecule has 1 heterocycles. The Kier molecular flexibility index (Phi) is 5.34. The van der Waals surface area contributed by atoms with Crippen LogP contribution in [0.5, 0.6) is 0 Å². The van der Waals surface area contributed by atoms with Crippen LogP contribution >= 0.6 is 0 Å². The lowest BCUT2D eigenvalue weighted by atomic mass is 9.95. The van der Waals surface area contributed by atoms with Crippen molar-refractivity contribution in [1.82, 2.24) is 10.3 Å². The minimum Gasteiger partial charge on any atom is -0.346 e. The number of amides is 2. The number of rotatable bonds is 4. The van der Waals surface area contributed by atoms with Crippen LogP contribution in [0.1, 0.15) is 49.7 Å². The van der Waals surface area contributed by atoms with Crippen LogP contribution in [0.3, 0.4) is 0 Å². The molecule has 0 aliphatic heterocycles. The molecule has 0 radical (unpaired) electrons. The lowest BCUT2D eigenvalue weighted by Crippen LogP contribution is -2.28. The number of hydrogen-bond donors (Lipinski definition) is 2. The smallest absolute Gasteiger partial charge is 0.251 e. The maximum absolute atomic E-state index is 12.4. The Morgan fingerprint density at radius 2 is 1.75 bits per heavy atom. The lowest BCUT2D eigenvalue weighted by molar-refractivity contribution is -0.123. The molecule has 2 rings (SSSR count). The second-order valence-electron chi connectivity index (χ2n) is 6.76. The molecule has 0 saturated heterocycles. The third kappa shape index (κ3) is 4.65. The van der Waals surface area contributed by atoms with Crippen molar-refractivity contribution in [2.45, 2.75) is 33.7 Å². The van der Waals surface area contributed by atoms with Crippen molar-refractivity contribution in [2.24, 2.45) is 5.41 Å². The number of carbonyl (C=O) groups is 2. The van der Waals surface area contributed by atoms with Gasteiger partial charge in [-0.3, -0.25) is 14.6 Å². The zero-order valence-electron chi connectivity index (χ0n) is 14.5. The summed E-state index contributed by atoms with van der Waals surface area (Å²) in [7, 11) is 0. The summed E-state index contributed by atoms with van der Waals surface area (Å²) in [6, 6.07) is 10.5. The van der Waals surface area contributed by atoms with Gasteiger partial charge in [0.05, 0.1) is 6.04 Å². The van der Waals surface area contributed by atoms with E-state index >= 15 is 0 Å². The average Bonchev–Trinajstić information content (AvgIpc) is 2.55. The molecule has 1 unspecified atom stereocenters. The van der Waals surface area contributed by atoms with Crippen molar-refractivity contribution in [2.75, 3.05) is 5.32 Å². The van der Waals surface area contributed by atoms with Gasteiger partial charge >= 0.3 is 0 Å². The van der Waals surface area contributed by atoms with Gasteiger partial charge < -0.3 is 10.6 Å². The van der Waals surface area contributed by atoms with Gasteiger partial charge in [0.2, 0.25) is 5.91 Å². The van der Waals surface area contributed by atoms with Crippen molar-refractivity contribution in [3.8, 4) is 0 Å². The summed E-state index contributed by atoms with van der Waals surface area (Å²) in [5, 5.41) is 5.78. The summed E-state index contributed by atoms with van der Waals surface area (Å²) >= 11 is 0. The summed E-state index contributed by atoms with van der Waals surface area (Å²) in [6.07, 6.45) is 3.39. The van der Waals surface area contributed by atoms with Crippen LogP contribution in [0.15, 0.2) is 48.8 Å². The van der Waals surface area contributed by atoms with Crippen LogP contribution in [0, 0.1) is 5.41 Å². The molecule has 0 bridgehead atoms. The van der Waals surface area contributed by atoms with E-state index in [9.17, 15) is 9.59 Å². The molecule has 2 aromatic rings. The van der Waals surface area contributed by atoms with Gasteiger partial charge in [0.1, 0.15) is 0 Å². The first-order chi connectivity index (χ1) is 11.3. The predicted molar refractivity (Wildman–Crippen MR) is 94.6 cm³/mol. The SMILES string of the molecule is CC(NC(=O)c1cccc(NC(=O)C(C)(C)C)c1)c1ccncc1. The minimum absolute atomic E-state index is 0.0924. The van der Waals surface area contributed by atoms with E-state index in [2.05, 4.69) is 15.6 Å². The highest BCUT2D eigenvalue weighted by molar-refractivity contribution is 5.98. The standard InChI is InChI=1S/C19H23N3O2/c1-13(14-8-10-20-11-9-14)21-17(23)15-6-5-7-16(12-15)22-18(24)19(2,3)4/h5-13H,1-4H3,(H,21,23)(H,22,24). The summed E-state index contributed by atoms with van der Waals surface area (Å²) in [5.74, 6) is -0.281. The number of pyridine rings is 1. The van der Waals surface area contributed by atoms with E-state index in [0.717, 1.165) is 5.56 Å². The molecule has 1 atom stereocenters. The molecule has 1 aromatic heterocycles. The molecule has 2 amide bonds. The van der Waals surface area contributed by atoms with E-state index in [4.69, 9.17) is 0 Å². The Morgan fingerprint density at radius 3 is 2.38 bits per heavy atom. The molecule has 5 heteroatoms. The Bertz CT molecular complexity index is 721. The summed E-state index contributed by atoms with van der Waals surface area (Å²) in [4.78, 5) is 28.5. The van der Waals surface area contributed by atoms with Crippen LogP contribution in [-0.4, -0.2) is 16.8 Å². The molecule has 126 valence electrons. The lowest BCUT2D eigenvalue weighted by Gasteiger charge is -2.18. The number of aromatic nitrogens is 1. The fourth-order valence-electron chi connectivity index (χ4n) is 2.07. The summed E-state index contributed by atoms with van der Waals surface area (Å²) in [5.41, 5.74) is 1.60. The van der Waals surface area contributed by atoms with Crippen LogP contribution in [0.2, 0.25) is 0 Å². The van der Waals surface area contributed by atoms with E-state index in [1.54, 1.807) is 36.7 Å². The fraction of sp³-hybridized carbons (Fsp3) is 0.316. The maximum Gasteiger partial charge on any atom is 0.251 e. The van der Waals surface area contributed by atoms with Crippen molar-refractivity contribution in [3.05, 3.63) is 59.9 Å². The number of hydrogen-bond acceptors (Lipinski definition) is 3. The van der Waals surface area contributed by atoms with Crippen LogP contribution in [0.4, 0.5) is 5.69 Å². The molecule has 5 nitrogen and oxygen atoms in total. The molecule has 0 spiro atoms. The second kappa shape index (κ2) is 7.25. The van der Waals surface area contributed by atoms with Gasteiger partial charge in [0, 0.05) is 29.1 Å². The Hall–Kier alpha value is -2.69. The van der Waals surface area contributed by atoms with Gasteiger partial charge in [0.25, 0.3) is 5.91 Å². The largest absolute Gasteiger partial charge is 0.346 e. The molecule has 1 aromatic carbocycles. The minimum atomic E-state index is -0.492. The Balaban J connectivity index is 2.08. The van der Waals surface area contributed by atoms with E-state index in [-0.39, 0.29) is 17.9 Å². The quantitative estimate of drug-likeness (QED) is 0.903. The van der Waals surface area contributed by atoms with Crippen LogP contribution in [-0.2, 0) is 4.79 Å². The van der Waals surface area contributed by atoms with Gasteiger partial charge in [-0.25, -0.2) is 0 Å². The monoisotopic (exact) mass is 325 g/mol. The molecule has 2 N–H and O–H groups in total. The number of carbonyl (C=O) groups excluding carboxylic acids is 2. The maximum atomic E-state index is 12.4. The normalized spacial score (nSPS) is 12.3. The third-order valence-corrected chi connectivity index (χ3v) is 3.62. The van der Waals surface area contributed by atoms with Crippen LogP contribution in [0.25, 0.3) is 0 Å². The third-order valence-electron chi connectivity index (χ3n) is 3.62. The first kappa shape index (κ1) is 17.7. The molecular formula is C19H23N3O2. The molecule has 24 heavy (non-hydrogen) atoms. The van der Waals surface area contributed by atoms with Crippen molar-refractivity contribution in [1.29, 1.82) is 0 Å². The van der Waals surface area contributed by atoms with Crippen molar-refractivity contribution in [3.63, 3.8) is 0 Å². The Labute approximate surface area is 142 Å². The van der Waals surface area contributed by atoms with Gasteiger partial charge in [-0.2, -0.15) is 0 Å². The second-order valence-corrected chi connectivity index (χ2v) is 6.76. The van der Waals surface area contributed by atoms with Crippen LogP contribution < -0.4 is 10.6 Å². The molecule has 0 aliphatic carbocycles. The summed E-state index contributed by atoms with van der Waals surface area (Å²) in [6.45, 7) is 7.44.